The number of carbonyl (C=O) groups excluding carboxylic acids is 2. The van der Waals surface area contributed by atoms with Gasteiger partial charge in [0.2, 0.25) is 0 Å². The quantitative estimate of drug-likeness (QED) is 0.615. The Kier molecular flexibility index (Phi) is 6.73. The summed E-state index contributed by atoms with van der Waals surface area (Å²) in [7, 11) is 0. The fourth-order valence-corrected chi connectivity index (χ4v) is 2.98. The van der Waals surface area contributed by atoms with Crippen LogP contribution in [0.5, 0.6) is 5.75 Å². The van der Waals surface area contributed by atoms with E-state index in [1.165, 1.54) is 12.1 Å². The number of esters is 1. The van der Waals surface area contributed by atoms with Gasteiger partial charge in [0.05, 0.1) is 11.3 Å². The first-order valence-corrected chi connectivity index (χ1v) is 9.38. The number of nitrogens with zero attached hydrogens (tertiary/aromatic N) is 3. The van der Waals surface area contributed by atoms with Gasteiger partial charge in [0.15, 0.2) is 6.61 Å². The molecule has 7 heteroatoms. The number of rotatable bonds is 5. The highest BCUT2D eigenvalue weighted by Crippen LogP contribution is 2.24. The van der Waals surface area contributed by atoms with Gasteiger partial charge in [-0.3, -0.25) is 4.79 Å². The van der Waals surface area contributed by atoms with Crippen LogP contribution >= 0.6 is 0 Å². The van der Waals surface area contributed by atoms with Gasteiger partial charge in [0.25, 0.3) is 5.91 Å². The van der Waals surface area contributed by atoms with Crippen LogP contribution in [0.15, 0.2) is 58.8 Å². The van der Waals surface area contributed by atoms with Gasteiger partial charge in [-0.05, 0) is 49.2 Å². The van der Waals surface area contributed by atoms with Crippen LogP contribution in [0.3, 0.4) is 0 Å². The van der Waals surface area contributed by atoms with Crippen LogP contribution in [0.4, 0.5) is 11.4 Å². The zero-order valence-corrected chi connectivity index (χ0v) is 15.6. The maximum atomic E-state index is 12.4. The molecular weight excluding hydrogens is 358 g/mol. The third-order valence-electron chi connectivity index (χ3n) is 4.53. The number of phenolic OH excluding ortho intramolecular Hbond substituents is 1. The summed E-state index contributed by atoms with van der Waals surface area (Å²) in [5.74, 6) is -0.640. The Labute approximate surface area is 163 Å². The molecule has 28 heavy (non-hydrogen) atoms. The lowest BCUT2D eigenvalue weighted by Gasteiger charge is -2.20. The van der Waals surface area contributed by atoms with Crippen molar-refractivity contribution in [1.82, 2.24) is 4.90 Å². The molecular formula is C21H23N3O4. The highest BCUT2D eigenvalue weighted by atomic mass is 16.5. The van der Waals surface area contributed by atoms with Crippen molar-refractivity contribution in [2.24, 2.45) is 10.2 Å². The fourth-order valence-electron chi connectivity index (χ4n) is 2.98. The van der Waals surface area contributed by atoms with Crippen LogP contribution in [0, 0.1) is 0 Å². The third-order valence-corrected chi connectivity index (χ3v) is 4.53. The van der Waals surface area contributed by atoms with Gasteiger partial charge in [-0.25, -0.2) is 4.79 Å². The zero-order chi connectivity index (χ0) is 19.8. The lowest BCUT2D eigenvalue weighted by Crippen LogP contribution is -2.35. The Bertz CT molecular complexity index is 841. The Hall–Kier alpha value is -3.22. The van der Waals surface area contributed by atoms with Crippen LogP contribution in [0.2, 0.25) is 0 Å². The predicted octanol–water partition coefficient (Wildman–Crippen LogP) is 4.37. The number of phenols is 1. The second kappa shape index (κ2) is 9.64. The Balaban J connectivity index is 1.63. The molecule has 1 saturated heterocycles. The average molecular weight is 381 g/mol. The predicted molar refractivity (Wildman–Crippen MR) is 104 cm³/mol. The number of azo groups is 1. The first-order chi connectivity index (χ1) is 13.6. The Morgan fingerprint density at radius 3 is 2.32 bits per heavy atom. The zero-order valence-electron chi connectivity index (χ0n) is 15.6. The molecule has 1 aliphatic heterocycles. The molecule has 2 aromatic carbocycles. The second-order valence-corrected chi connectivity index (χ2v) is 6.60. The molecule has 1 heterocycles. The molecule has 146 valence electrons. The Morgan fingerprint density at radius 2 is 1.61 bits per heavy atom. The van der Waals surface area contributed by atoms with Crippen LogP contribution in [0.1, 0.15) is 36.0 Å². The number of aromatic hydroxyl groups is 1. The van der Waals surface area contributed by atoms with Crippen LogP contribution in [-0.4, -0.2) is 41.6 Å². The van der Waals surface area contributed by atoms with Crippen LogP contribution in [0.25, 0.3) is 0 Å². The van der Waals surface area contributed by atoms with Crippen molar-refractivity contribution in [3.05, 3.63) is 54.1 Å². The van der Waals surface area contributed by atoms with E-state index < -0.39 is 5.97 Å². The number of carbonyl (C=O) groups is 2. The fraction of sp³-hybridized carbons (Fsp3) is 0.333. The monoisotopic (exact) mass is 381 g/mol. The topological polar surface area (TPSA) is 91.6 Å². The molecule has 0 bridgehead atoms. The summed E-state index contributed by atoms with van der Waals surface area (Å²) in [5, 5.41) is 17.5. The van der Waals surface area contributed by atoms with Crippen molar-refractivity contribution >= 4 is 23.3 Å². The van der Waals surface area contributed by atoms with E-state index in [0.29, 0.717) is 24.5 Å². The molecule has 3 rings (SSSR count). The molecule has 0 aromatic heterocycles. The maximum absolute atomic E-state index is 12.4. The summed E-state index contributed by atoms with van der Waals surface area (Å²) in [5.41, 5.74) is 1.13. The number of ether oxygens (including phenoxy) is 1. The van der Waals surface area contributed by atoms with Crippen molar-refractivity contribution in [3.8, 4) is 5.75 Å². The van der Waals surface area contributed by atoms with E-state index in [1.807, 2.05) is 0 Å². The number of hydrogen-bond acceptors (Lipinski definition) is 6. The van der Waals surface area contributed by atoms with Gasteiger partial charge in [0, 0.05) is 13.1 Å². The molecule has 1 aliphatic rings. The molecule has 1 amide bonds. The average Bonchev–Trinajstić information content (AvgIpc) is 3.01. The SMILES string of the molecule is O=C(OCC(=O)N1CCCCCC1)c1ccccc1N=Nc1ccc(O)cc1. The van der Waals surface area contributed by atoms with Gasteiger partial charge >= 0.3 is 5.97 Å². The van der Waals surface area contributed by atoms with E-state index in [-0.39, 0.29) is 23.8 Å². The summed E-state index contributed by atoms with van der Waals surface area (Å²) in [6.45, 7) is 1.16. The number of hydrogen-bond donors (Lipinski definition) is 1. The van der Waals surface area contributed by atoms with Crippen molar-refractivity contribution < 1.29 is 19.4 Å². The highest BCUT2D eigenvalue weighted by molar-refractivity contribution is 5.96. The van der Waals surface area contributed by atoms with Gasteiger partial charge in [-0.1, -0.05) is 25.0 Å². The molecule has 1 N–H and O–H groups in total. The van der Waals surface area contributed by atoms with Gasteiger partial charge in [-0.2, -0.15) is 5.11 Å². The van der Waals surface area contributed by atoms with E-state index >= 15 is 0 Å². The molecule has 0 aliphatic carbocycles. The Morgan fingerprint density at radius 1 is 0.929 bits per heavy atom. The van der Waals surface area contributed by atoms with E-state index in [1.54, 1.807) is 41.3 Å². The van der Waals surface area contributed by atoms with Crippen LogP contribution in [-0.2, 0) is 9.53 Å². The molecule has 7 nitrogen and oxygen atoms in total. The first-order valence-electron chi connectivity index (χ1n) is 9.38. The first kappa shape index (κ1) is 19.5. The summed E-state index contributed by atoms with van der Waals surface area (Å²) < 4.78 is 5.23. The smallest absolute Gasteiger partial charge is 0.340 e. The van der Waals surface area contributed by atoms with Gasteiger partial charge < -0.3 is 14.7 Å². The molecule has 0 unspecified atom stereocenters. The second-order valence-electron chi connectivity index (χ2n) is 6.60. The normalized spacial score (nSPS) is 14.6. The van der Waals surface area contributed by atoms with Crippen molar-refractivity contribution in [1.29, 1.82) is 0 Å². The van der Waals surface area contributed by atoms with E-state index in [0.717, 1.165) is 25.7 Å². The number of benzene rings is 2. The van der Waals surface area contributed by atoms with E-state index in [2.05, 4.69) is 10.2 Å². The molecule has 1 fully saturated rings. The van der Waals surface area contributed by atoms with E-state index in [4.69, 9.17) is 4.74 Å². The summed E-state index contributed by atoms with van der Waals surface area (Å²) in [6, 6.07) is 12.9. The maximum Gasteiger partial charge on any atom is 0.340 e. The summed E-state index contributed by atoms with van der Waals surface area (Å²) in [4.78, 5) is 26.5. The minimum absolute atomic E-state index is 0.136. The highest BCUT2D eigenvalue weighted by Gasteiger charge is 2.19. The number of likely N-dealkylation sites (tertiary alicyclic amines) is 1. The molecule has 0 atom stereocenters. The van der Waals surface area contributed by atoms with E-state index in [9.17, 15) is 14.7 Å². The minimum Gasteiger partial charge on any atom is -0.508 e. The molecule has 0 spiro atoms. The van der Waals surface area contributed by atoms with Crippen molar-refractivity contribution in [3.63, 3.8) is 0 Å². The summed E-state index contributed by atoms with van der Waals surface area (Å²) >= 11 is 0. The lowest BCUT2D eigenvalue weighted by atomic mass is 10.2. The molecule has 0 radical (unpaired) electrons. The summed E-state index contributed by atoms with van der Waals surface area (Å²) in [6.07, 6.45) is 4.23. The van der Waals surface area contributed by atoms with Crippen LogP contribution < -0.4 is 0 Å². The standard InChI is InChI=1S/C21H23N3O4/c25-17-11-9-16(10-12-17)22-23-19-8-4-3-7-18(19)21(27)28-15-20(26)24-13-5-1-2-6-14-24/h3-4,7-12,25H,1-2,5-6,13-15H2. The lowest BCUT2D eigenvalue weighted by molar-refractivity contribution is -0.134. The third kappa shape index (κ3) is 5.39. The van der Waals surface area contributed by atoms with Crippen molar-refractivity contribution in [2.75, 3.05) is 19.7 Å². The minimum atomic E-state index is -0.608. The molecule has 0 saturated carbocycles. The number of amides is 1. The van der Waals surface area contributed by atoms with Gasteiger partial charge in [-0.15, -0.1) is 5.11 Å². The largest absolute Gasteiger partial charge is 0.508 e. The van der Waals surface area contributed by atoms with Crippen molar-refractivity contribution in [2.45, 2.75) is 25.7 Å². The van der Waals surface area contributed by atoms with Gasteiger partial charge in [0.1, 0.15) is 11.4 Å². The molecule has 2 aromatic rings.